The van der Waals surface area contributed by atoms with Gasteiger partial charge in [0, 0.05) is 6.54 Å². The molecule has 0 saturated carbocycles. The van der Waals surface area contributed by atoms with Crippen LogP contribution in [0, 0.1) is 6.92 Å². The second-order valence-electron chi connectivity index (χ2n) is 4.69. The van der Waals surface area contributed by atoms with Crippen LogP contribution in [0.25, 0.3) is 0 Å². The molecule has 3 rings (SSSR count). The van der Waals surface area contributed by atoms with E-state index in [0.717, 1.165) is 31.0 Å². The largest absolute Gasteiger partial charge is 0.330 e. The molecule has 0 spiro atoms. The van der Waals surface area contributed by atoms with E-state index in [1.165, 1.54) is 6.42 Å². The van der Waals surface area contributed by atoms with Gasteiger partial charge in [-0.15, -0.1) is 0 Å². The number of nitrogens with one attached hydrogen (secondary N) is 1. The number of anilines is 1. The zero-order chi connectivity index (χ0) is 13.2. The lowest BCUT2D eigenvalue weighted by molar-refractivity contribution is 0.450. The molecule has 1 unspecified atom stereocenters. The molecule has 19 heavy (non-hydrogen) atoms. The Bertz CT molecular complexity index is 552. The van der Waals surface area contributed by atoms with Gasteiger partial charge in [0.2, 0.25) is 5.95 Å². The lowest BCUT2D eigenvalue weighted by Crippen LogP contribution is -2.35. The molecule has 1 aliphatic heterocycles. The minimum absolute atomic E-state index is 0.139. The highest BCUT2D eigenvalue weighted by atomic mass is 35.5. The summed E-state index contributed by atoms with van der Waals surface area (Å²) < 4.78 is 0. The van der Waals surface area contributed by atoms with Crippen LogP contribution < -0.4 is 4.90 Å². The van der Waals surface area contributed by atoms with Crippen molar-refractivity contribution in [1.29, 1.82) is 0 Å². The molecule has 6 nitrogen and oxygen atoms in total. The van der Waals surface area contributed by atoms with E-state index in [4.69, 9.17) is 11.6 Å². The van der Waals surface area contributed by atoms with Crippen LogP contribution in [0.4, 0.5) is 5.95 Å². The van der Waals surface area contributed by atoms with E-state index in [1.807, 2.05) is 6.92 Å². The third-order valence-electron chi connectivity index (χ3n) is 3.28. The fraction of sp³-hybridized carbons (Fsp3) is 0.500. The second-order valence-corrected chi connectivity index (χ2v) is 5.12. The summed E-state index contributed by atoms with van der Waals surface area (Å²) in [4.78, 5) is 15.2. The van der Waals surface area contributed by atoms with E-state index in [2.05, 4.69) is 30.0 Å². The Labute approximate surface area is 116 Å². The zero-order valence-corrected chi connectivity index (χ0v) is 11.4. The summed E-state index contributed by atoms with van der Waals surface area (Å²) >= 11 is 5.83. The predicted molar refractivity (Wildman–Crippen MR) is 72.1 cm³/mol. The summed E-state index contributed by atoms with van der Waals surface area (Å²) in [5.41, 5.74) is 0. The first kappa shape index (κ1) is 12.3. The lowest BCUT2D eigenvalue weighted by atomic mass is 10.0. The third kappa shape index (κ3) is 2.53. The Morgan fingerprint density at radius 3 is 2.79 bits per heavy atom. The second kappa shape index (κ2) is 5.13. The van der Waals surface area contributed by atoms with Crippen molar-refractivity contribution in [2.75, 3.05) is 11.4 Å². The molecule has 2 aromatic rings. The SMILES string of the molecule is Cc1nc(C2CCCCN2c2ncc(Cl)cn2)n[nH]1. The monoisotopic (exact) mass is 278 g/mol. The summed E-state index contributed by atoms with van der Waals surface area (Å²) in [6.45, 7) is 2.82. The van der Waals surface area contributed by atoms with Crippen molar-refractivity contribution in [3.63, 3.8) is 0 Å². The zero-order valence-electron chi connectivity index (χ0n) is 10.7. The van der Waals surface area contributed by atoms with Gasteiger partial charge in [-0.2, -0.15) is 5.10 Å². The molecule has 3 heterocycles. The van der Waals surface area contributed by atoms with Crippen LogP contribution in [-0.2, 0) is 0 Å². The quantitative estimate of drug-likeness (QED) is 0.913. The summed E-state index contributed by atoms with van der Waals surface area (Å²) in [5, 5.41) is 7.72. The Morgan fingerprint density at radius 2 is 2.11 bits per heavy atom. The van der Waals surface area contributed by atoms with Gasteiger partial charge in [-0.05, 0) is 26.2 Å². The molecule has 0 aromatic carbocycles. The summed E-state index contributed by atoms with van der Waals surface area (Å²) in [5.74, 6) is 2.34. The molecule has 1 N–H and O–H groups in total. The molecule has 0 radical (unpaired) electrons. The Hall–Kier alpha value is -1.69. The van der Waals surface area contributed by atoms with Gasteiger partial charge >= 0.3 is 0 Å². The fourth-order valence-corrected chi connectivity index (χ4v) is 2.50. The molecule has 1 saturated heterocycles. The van der Waals surface area contributed by atoms with Gasteiger partial charge in [0.25, 0.3) is 0 Å². The molecule has 7 heteroatoms. The van der Waals surface area contributed by atoms with Gasteiger partial charge < -0.3 is 4.90 Å². The van der Waals surface area contributed by atoms with E-state index >= 15 is 0 Å². The topological polar surface area (TPSA) is 70.6 Å². The number of rotatable bonds is 2. The minimum atomic E-state index is 0.139. The first-order valence-electron chi connectivity index (χ1n) is 6.37. The lowest BCUT2D eigenvalue weighted by Gasteiger charge is -2.33. The average Bonchev–Trinajstić information content (AvgIpc) is 2.86. The number of aromatic amines is 1. The first-order chi connectivity index (χ1) is 9.24. The molecule has 0 aliphatic carbocycles. The molecule has 1 aliphatic rings. The van der Waals surface area contributed by atoms with E-state index in [1.54, 1.807) is 12.4 Å². The Kier molecular flexibility index (Phi) is 3.33. The van der Waals surface area contributed by atoms with Crippen LogP contribution in [-0.4, -0.2) is 31.7 Å². The Balaban J connectivity index is 1.90. The van der Waals surface area contributed by atoms with E-state index < -0.39 is 0 Å². The van der Waals surface area contributed by atoms with Crippen molar-refractivity contribution in [2.24, 2.45) is 0 Å². The molecular weight excluding hydrogens is 264 g/mol. The van der Waals surface area contributed by atoms with Gasteiger partial charge in [-0.3, -0.25) is 5.10 Å². The van der Waals surface area contributed by atoms with Crippen LogP contribution >= 0.6 is 11.6 Å². The number of H-pyrrole nitrogens is 1. The van der Waals surface area contributed by atoms with Crippen LogP contribution in [0.15, 0.2) is 12.4 Å². The predicted octanol–water partition coefficient (Wildman–Crippen LogP) is 2.29. The fourth-order valence-electron chi connectivity index (χ4n) is 2.40. The number of piperidine rings is 1. The molecular formula is C12H15ClN6. The highest BCUT2D eigenvalue weighted by Crippen LogP contribution is 2.31. The third-order valence-corrected chi connectivity index (χ3v) is 3.47. The van der Waals surface area contributed by atoms with Gasteiger partial charge in [0.05, 0.1) is 23.5 Å². The van der Waals surface area contributed by atoms with Crippen molar-refractivity contribution < 1.29 is 0 Å². The number of nitrogens with zero attached hydrogens (tertiary/aromatic N) is 5. The van der Waals surface area contributed by atoms with Crippen LogP contribution in [0.5, 0.6) is 0 Å². The molecule has 0 amide bonds. The van der Waals surface area contributed by atoms with E-state index in [0.29, 0.717) is 11.0 Å². The van der Waals surface area contributed by atoms with Crippen molar-refractivity contribution in [3.05, 3.63) is 29.1 Å². The van der Waals surface area contributed by atoms with E-state index in [-0.39, 0.29) is 6.04 Å². The average molecular weight is 279 g/mol. The summed E-state index contributed by atoms with van der Waals surface area (Å²) in [6.07, 6.45) is 6.56. The van der Waals surface area contributed by atoms with Crippen molar-refractivity contribution >= 4 is 17.5 Å². The first-order valence-corrected chi connectivity index (χ1v) is 6.75. The highest BCUT2D eigenvalue weighted by Gasteiger charge is 2.28. The number of hydrogen-bond donors (Lipinski definition) is 1. The molecule has 100 valence electrons. The van der Waals surface area contributed by atoms with Crippen molar-refractivity contribution in [1.82, 2.24) is 25.1 Å². The molecule has 2 aromatic heterocycles. The maximum atomic E-state index is 5.83. The van der Waals surface area contributed by atoms with Gasteiger partial charge in [0.15, 0.2) is 5.82 Å². The molecule has 1 atom stereocenters. The van der Waals surface area contributed by atoms with Crippen LogP contribution in [0.1, 0.15) is 37.0 Å². The minimum Gasteiger partial charge on any atom is -0.330 e. The summed E-state index contributed by atoms with van der Waals surface area (Å²) in [6, 6.07) is 0.139. The van der Waals surface area contributed by atoms with Crippen molar-refractivity contribution in [3.8, 4) is 0 Å². The smallest absolute Gasteiger partial charge is 0.225 e. The van der Waals surface area contributed by atoms with Gasteiger partial charge in [-0.1, -0.05) is 11.6 Å². The highest BCUT2D eigenvalue weighted by molar-refractivity contribution is 6.30. The number of aromatic nitrogens is 5. The van der Waals surface area contributed by atoms with Crippen molar-refractivity contribution in [2.45, 2.75) is 32.2 Å². The molecule has 1 fully saturated rings. The summed E-state index contributed by atoms with van der Waals surface area (Å²) in [7, 11) is 0. The molecule has 0 bridgehead atoms. The maximum absolute atomic E-state index is 5.83. The maximum Gasteiger partial charge on any atom is 0.225 e. The van der Waals surface area contributed by atoms with Gasteiger partial charge in [0.1, 0.15) is 5.82 Å². The number of hydrogen-bond acceptors (Lipinski definition) is 5. The standard InChI is InChI=1S/C12H15ClN6/c1-8-16-11(18-17-8)10-4-2-3-5-19(10)12-14-6-9(13)7-15-12/h6-7,10H,2-5H2,1H3,(H,16,17,18). The number of halogens is 1. The Morgan fingerprint density at radius 1 is 1.32 bits per heavy atom. The van der Waals surface area contributed by atoms with Crippen LogP contribution in [0.2, 0.25) is 5.02 Å². The van der Waals surface area contributed by atoms with E-state index in [9.17, 15) is 0 Å². The number of aryl methyl sites for hydroxylation is 1. The van der Waals surface area contributed by atoms with Crippen LogP contribution in [0.3, 0.4) is 0 Å². The van der Waals surface area contributed by atoms with Gasteiger partial charge in [-0.25, -0.2) is 15.0 Å². The normalized spacial score (nSPS) is 19.7.